The monoisotopic (exact) mass is 378 g/mol. The van der Waals surface area contributed by atoms with Gasteiger partial charge in [0.05, 0.1) is 5.56 Å². The third-order valence-corrected chi connectivity index (χ3v) is 5.47. The van der Waals surface area contributed by atoms with Crippen molar-refractivity contribution < 1.29 is 9.59 Å². The van der Waals surface area contributed by atoms with Crippen LogP contribution in [-0.4, -0.2) is 46.4 Å². The molecule has 2 unspecified atom stereocenters. The van der Waals surface area contributed by atoms with Crippen LogP contribution in [-0.2, 0) is 4.79 Å². The normalized spacial score (nSPS) is 22.9. The van der Waals surface area contributed by atoms with Gasteiger partial charge in [0.1, 0.15) is 0 Å². The fraction of sp³-hybridized carbons (Fsp3) is 0.350. The Morgan fingerprint density at radius 3 is 2.61 bits per heavy atom. The summed E-state index contributed by atoms with van der Waals surface area (Å²) in [7, 11) is 0. The third kappa shape index (κ3) is 4.00. The number of fused-ring (bicyclic) bond motifs is 1. The summed E-state index contributed by atoms with van der Waals surface area (Å²) < 4.78 is 0. The number of nitrogens with one attached hydrogen (secondary N) is 1. The van der Waals surface area contributed by atoms with Crippen molar-refractivity contribution in [2.75, 3.05) is 24.5 Å². The first-order valence-corrected chi connectivity index (χ1v) is 9.34. The fourth-order valence-corrected chi connectivity index (χ4v) is 3.92. The van der Waals surface area contributed by atoms with Crippen LogP contribution in [0.25, 0.3) is 6.08 Å². The molecule has 2 fully saturated rings. The molecule has 2 aliphatic rings. The summed E-state index contributed by atoms with van der Waals surface area (Å²) in [5.41, 5.74) is 6.43. The number of nitrogens with two attached hydrogens (primary N) is 1. The van der Waals surface area contributed by atoms with Crippen molar-refractivity contribution in [1.29, 1.82) is 0 Å². The van der Waals surface area contributed by atoms with Gasteiger partial charge in [-0.3, -0.25) is 14.6 Å². The van der Waals surface area contributed by atoms with Crippen molar-refractivity contribution in [3.63, 3.8) is 0 Å². The summed E-state index contributed by atoms with van der Waals surface area (Å²) in [5, 5.41) is 2.95. The molecule has 2 aromatic rings. The molecule has 1 aliphatic heterocycles. The van der Waals surface area contributed by atoms with E-state index in [0.29, 0.717) is 35.8 Å². The Morgan fingerprint density at radius 1 is 1.21 bits per heavy atom. The van der Waals surface area contributed by atoms with Crippen LogP contribution in [0.1, 0.15) is 22.3 Å². The molecule has 4 rings (SSSR count). The summed E-state index contributed by atoms with van der Waals surface area (Å²) in [6.45, 7) is 2.51. The van der Waals surface area contributed by atoms with Gasteiger partial charge in [0.15, 0.2) is 0 Å². The zero-order chi connectivity index (χ0) is 19.5. The van der Waals surface area contributed by atoms with E-state index in [1.807, 2.05) is 12.1 Å². The highest BCUT2D eigenvalue weighted by Crippen LogP contribution is 2.53. The van der Waals surface area contributed by atoms with Gasteiger partial charge >= 0.3 is 0 Å². The number of aromatic nitrogens is 3. The fourth-order valence-electron chi connectivity index (χ4n) is 3.92. The lowest BCUT2D eigenvalue weighted by atomic mass is 10.2. The molecule has 2 amide bonds. The number of hydrogen-bond donors (Lipinski definition) is 2. The van der Waals surface area contributed by atoms with E-state index in [1.54, 1.807) is 24.5 Å². The Morgan fingerprint density at radius 2 is 1.96 bits per heavy atom. The molecule has 28 heavy (non-hydrogen) atoms. The standard InChI is InChI=1S/C20H22N6O2/c21-19(28)14-9-24-20(25-10-14)26-11-16-15(17(16)12-26)5-7-23-18(27)4-3-13-2-1-6-22-8-13/h1-4,6,8-10,15-17H,5,7,11-12H2,(H2,21,28)(H,23,27)/b4-3+. The van der Waals surface area contributed by atoms with Gasteiger partial charge in [-0.15, -0.1) is 0 Å². The highest BCUT2D eigenvalue weighted by atomic mass is 16.1. The van der Waals surface area contributed by atoms with Crippen LogP contribution >= 0.6 is 0 Å². The third-order valence-electron chi connectivity index (χ3n) is 5.47. The van der Waals surface area contributed by atoms with Gasteiger partial charge in [-0.1, -0.05) is 6.07 Å². The Bertz CT molecular complexity index is 871. The molecule has 8 heteroatoms. The van der Waals surface area contributed by atoms with Crippen molar-refractivity contribution >= 4 is 23.8 Å². The summed E-state index contributed by atoms with van der Waals surface area (Å²) in [5.74, 6) is 1.94. The molecule has 2 aromatic heterocycles. The van der Waals surface area contributed by atoms with E-state index < -0.39 is 5.91 Å². The van der Waals surface area contributed by atoms with E-state index in [1.165, 1.54) is 12.4 Å². The zero-order valence-electron chi connectivity index (χ0n) is 15.4. The van der Waals surface area contributed by atoms with Crippen LogP contribution in [0.5, 0.6) is 0 Å². The number of carbonyl (C=O) groups excluding carboxylic acids is 2. The predicted molar refractivity (Wildman–Crippen MR) is 104 cm³/mol. The van der Waals surface area contributed by atoms with Crippen molar-refractivity contribution in [3.8, 4) is 0 Å². The number of anilines is 1. The van der Waals surface area contributed by atoms with Gasteiger partial charge in [0.25, 0.3) is 5.91 Å². The lowest BCUT2D eigenvalue weighted by molar-refractivity contribution is -0.116. The highest BCUT2D eigenvalue weighted by molar-refractivity contribution is 5.92. The van der Waals surface area contributed by atoms with E-state index >= 15 is 0 Å². The van der Waals surface area contributed by atoms with E-state index in [-0.39, 0.29) is 5.91 Å². The van der Waals surface area contributed by atoms with E-state index in [0.717, 1.165) is 25.1 Å². The Labute approximate surface area is 162 Å². The molecule has 1 aliphatic carbocycles. The molecule has 3 heterocycles. The topological polar surface area (TPSA) is 114 Å². The van der Waals surface area contributed by atoms with Crippen LogP contribution < -0.4 is 16.0 Å². The minimum atomic E-state index is -0.520. The molecule has 0 aromatic carbocycles. The second-order valence-corrected chi connectivity index (χ2v) is 7.23. The van der Waals surface area contributed by atoms with E-state index in [2.05, 4.69) is 25.2 Å². The first kappa shape index (κ1) is 18.1. The average Bonchev–Trinajstić information content (AvgIpc) is 3.16. The van der Waals surface area contributed by atoms with Crippen LogP contribution in [0, 0.1) is 17.8 Å². The summed E-state index contributed by atoms with van der Waals surface area (Å²) >= 11 is 0. The molecule has 0 bridgehead atoms. The molecular weight excluding hydrogens is 356 g/mol. The quantitative estimate of drug-likeness (QED) is 0.691. The lowest BCUT2D eigenvalue weighted by Crippen LogP contribution is -2.28. The smallest absolute Gasteiger partial charge is 0.251 e. The molecular formula is C20H22N6O2. The molecule has 1 saturated carbocycles. The maximum Gasteiger partial charge on any atom is 0.251 e. The number of hydrogen-bond acceptors (Lipinski definition) is 6. The number of nitrogens with zero attached hydrogens (tertiary/aromatic N) is 4. The number of pyridine rings is 1. The van der Waals surface area contributed by atoms with Gasteiger partial charge in [-0.2, -0.15) is 0 Å². The number of primary amides is 1. The van der Waals surface area contributed by atoms with E-state index in [4.69, 9.17) is 5.73 Å². The minimum absolute atomic E-state index is 0.0840. The Hall–Kier alpha value is -3.29. The van der Waals surface area contributed by atoms with Gasteiger partial charge in [0.2, 0.25) is 11.9 Å². The minimum Gasteiger partial charge on any atom is -0.366 e. The average molecular weight is 378 g/mol. The molecule has 0 spiro atoms. The van der Waals surface area contributed by atoms with Crippen LogP contribution in [0.15, 0.2) is 43.0 Å². The molecule has 0 radical (unpaired) electrons. The number of rotatable bonds is 7. The maximum absolute atomic E-state index is 11.9. The van der Waals surface area contributed by atoms with Gasteiger partial charge in [-0.25, -0.2) is 9.97 Å². The second-order valence-electron chi connectivity index (χ2n) is 7.23. The highest BCUT2D eigenvalue weighted by Gasteiger charge is 2.55. The van der Waals surface area contributed by atoms with Crippen molar-refractivity contribution in [2.24, 2.45) is 23.5 Å². The maximum atomic E-state index is 11.9. The molecule has 2 atom stereocenters. The Balaban J connectivity index is 1.18. The van der Waals surface area contributed by atoms with Crippen LogP contribution in [0.4, 0.5) is 5.95 Å². The molecule has 144 valence electrons. The predicted octanol–water partition coefficient (Wildman–Crippen LogP) is 0.872. The molecule has 8 nitrogen and oxygen atoms in total. The van der Waals surface area contributed by atoms with Gasteiger partial charge in [0, 0.05) is 50.5 Å². The van der Waals surface area contributed by atoms with E-state index in [9.17, 15) is 9.59 Å². The summed E-state index contributed by atoms with van der Waals surface area (Å²) in [4.78, 5) is 37.6. The van der Waals surface area contributed by atoms with Crippen LogP contribution in [0.3, 0.4) is 0 Å². The number of carbonyl (C=O) groups is 2. The lowest BCUT2D eigenvalue weighted by Gasteiger charge is -2.19. The van der Waals surface area contributed by atoms with Crippen molar-refractivity contribution in [3.05, 3.63) is 54.1 Å². The zero-order valence-corrected chi connectivity index (χ0v) is 15.4. The number of amides is 2. The van der Waals surface area contributed by atoms with Crippen LogP contribution in [0.2, 0.25) is 0 Å². The first-order chi connectivity index (χ1) is 13.6. The molecule has 3 N–H and O–H groups in total. The van der Waals surface area contributed by atoms with Crippen molar-refractivity contribution in [2.45, 2.75) is 6.42 Å². The van der Waals surface area contributed by atoms with Gasteiger partial charge in [-0.05, 0) is 41.9 Å². The molecule has 1 saturated heterocycles. The van der Waals surface area contributed by atoms with Gasteiger partial charge < -0.3 is 16.0 Å². The largest absolute Gasteiger partial charge is 0.366 e. The summed E-state index contributed by atoms with van der Waals surface area (Å²) in [6.07, 6.45) is 10.6. The summed E-state index contributed by atoms with van der Waals surface area (Å²) in [6, 6.07) is 3.74. The van der Waals surface area contributed by atoms with Crippen molar-refractivity contribution in [1.82, 2.24) is 20.3 Å². The SMILES string of the molecule is NC(=O)c1cnc(N2CC3C(CCNC(=O)/C=C/c4cccnc4)C3C2)nc1. The number of piperidine rings is 1. The second kappa shape index (κ2) is 7.75. The first-order valence-electron chi connectivity index (χ1n) is 9.34. The Kier molecular flexibility index (Phi) is 5.01.